The quantitative estimate of drug-likeness (QED) is 0.753. The van der Waals surface area contributed by atoms with E-state index in [-0.39, 0.29) is 4.90 Å². The molecule has 1 rings (SSSR count). The Labute approximate surface area is 86.8 Å². The van der Waals surface area contributed by atoms with Crippen LogP contribution in [0, 0.1) is 6.92 Å². The van der Waals surface area contributed by atoms with Gasteiger partial charge in [0.15, 0.2) is 0 Å². The van der Waals surface area contributed by atoms with Gasteiger partial charge >= 0.3 is 9.24 Å². The molecule has 0 amide bonds. The highest BCUT2D eigenvalue weighted by atomic mass is 35.7. The molecule has 0 aliphatic heterocycles. The summed E-state index contributed by atoms with van der Waals surface area (Å²) in [6.45, 7) is 1.56. The van der Waals surface area contributed by atoms with Crippen LogP contribution in [0.25, 0.3) is 0 Å². The molecule has 0 radical (unpaired) electrons. The third-order valence-electron chi connectivity index (χ3n) is 1.45. The van der Waals surface area contributed by atoms with E-state index in [1.165, 1.54) is 18.6 Å². The first-order valence-corrected chi connectivity index (χ1v) is 7.63. The molecule has 0 fully saturated rings. The standard InChI is InChI=1S/C6H8ClNO4S2/c1-5-6(3-4-12-5)13(2,9)8-14(7,10)11/h3-4H,1-2H3/t13-/m0/s1. The van der Waals surface area contributed by atoms with E-state index < -0.39 is 19.0 Å². The first-order valence-electron chi connectivity index (χ1n) is 3.44. The number of furan rings is 1. The number of rotatable bonds is 2. The normalized spacial score (nSPS) is 16.2. The lowest BCUT2D eigenvalue weighted by molar-refractivity contribution is 0.525. The first kappa shape index (κ1) is 11.5. The minimum absolute atomic E-state index is 0.238. The van der Waals surface area contributed by atoms with Crippen molar-refractivity contribution in [2.45, 2.75) is 11.8 Å². The van der Waals surface area contributed by atoms with Crippen molar-refractivity contribution in [3.05, 3.63) is 18.1 Å². The molecule has 0 aliphatic rings. The van der Waals surface area contributed by atoms with E-state index in [9.17, 15) is 12.6 Å². The molecule has 14 heavy (non-hydrogen) atoms. The molecule has 0 unspecified atom stereocenters. The minimum atomic E-state index is -4.14. The Bertz CT molecular complexity index is 550. The maximum Gasteiger partial charge on any atom is 0.347 e. The van der Waals surface area contributed by atoms with Gasteiger partial charge in [0.2, 0.25) is 0 Å². The van der Waals surface area contributed by atoms with Crippen molar-refractivity contribution in [1.82, 2.24) is 0 Å². The molecule has 0 aliphatic carbocycles. The van der Waals surface area contributed by atoms with Crippen LogP contribution in [0.5, 0.6) is 0 Å². The van der Waals surface area contributed by atoms with Gasteiger partial charge in [0.25, 0.3) is 0 Å². The van der Waals surface area contributed by atoms with E-state index in [1.54, 1.807) is 6.92 Å². The van der Waals surface area contributed by atoms with E-state index in [2.05, 4.69) is 3.77 Å². The molecule has 0 aromatic carbocycles. The fourth-order valence-electron chi connectivity index (χ4n) is 0.976. The lowest BCUT2D eigenvalue weighted by atomic mass is 10.5. The fraction of sp³-hybridized carbons (Fsp3) is 0.333. The third kappa shape index (κ3) is 2.73. The molecule has 1 aromatic heterocycles. The van der Waals surface area contributed by atoms with Crippen LogP contribution in [0.4, 0.5) is 0 Å². The van der Waals surface area contributed by atoms with E-state index in [4.69, 9.17) is 15.1 Å². The second-order valence-electron chi connectivity index (χ2n) is 2.63. The second-order valence-corrected chi connectivity index (χ2v) is 7.27. The Morgan fingerprint density at radius 2 is 2.00 bits per heavy atom. The third-order valence-corrected chi connectivity index (χ3v) is 5.05. The summed E-state index contributed by atoms with van der Waals surface area (Å²) in [6.07, 6.45) is 2.50. The Morgan fingerprint density at radius 3 is 2.36 bits per heavy atom. The van der Waals surface area contributed by atoms with Gasteiger partial charge < -0.3 is 4.42 Å². The molecule has 1 aromatic rings. The molecular weight excluding hydrogens is 250 g/mol. The van der Waals surface area contributed by atoms with E-state index in [1.807, 2.05) is 0 Å². The zero-order valence-electron chi connectivity index (χ0n) is 7.43. The minimum Gasteiger partial charge on any atom is -0.468 e. The van der Waals surface area contributed by atoms with E-state index in [0.717, 1.165) is 0 Å². The number of aryl methyl sites for hydroxylation is 1. The van der Waals surface area contributed by atoms with Gasteiger partial charge in [-0.05, 0) is 13.0 Å². The van der Waals surface area contributed by atoms with Crippen LogP contribution in [0.1, 0.15) is 5.76 Å². The smallest absolute Gasteiger partial charge is 0.347 e. The van der Waals surface area contributed by atoms with Gasteiger partial charge in [-0.1, -0.05) is 3.77 Å². The fourth-order valence-corrected chi connectivity index (χ4v) is 4.51. The van der Waals surface area contributed by atoms with Crippen LogP contribution in [-0.2, 0) is 19.0 Å². The Hall–Kier alpha value is -0.530. The predicted molar refractivity (Wildman–Crippen MR) is 53.0 cm³/mol. The summed E-state index contributed by atoms with van der Waals surface area (Å²) >= 11 is 0. The molecule has 1 atom stereocenters. The van der Waals surface area contributed by atoms with Crippen LogP contribution < -0.4 is 0 Å². The van der Waals surface area contributed by atoms with Crippen LogP contribution in [0.2, 0.25) is 0 Å². The highest BCUT2D eigenvalue weighted by Gasteiger charge is 2.15. The average Bonchev–Trinajstić information content (AvgIpc) is 2.29. The zero-order chi connectivity index (χ0) is 11.0. The lowest BCUT2D eigenvalue weighted by Gasteiger charge is -1.99. The van der Waals surface area contributed by atoms with Crippen LogP contribution >= 0.6 is 10.7 Å². The van der Waals surface area contributed by atoms with E-state index >= 15 is 0 Å². The molecule has 8 heteroatoms. The van der Waals surface area contributed by atoms with E-state index in [0.29, 0.717) is 5.76 Å². The SMILES string of the molecule is Cc1occc1[S@](C)(=O)=NS(=O)(=O)Cl. The average molecular weight is 258 g/mol. The van der Waals surface area contributed by atoms with Gasteiger partial charge in [-0.25, -0.2) is 4.21 Å². The van der Waals surface area contributed by atoms with Crippen molar-refractivity contribution in [2.24, 2.45) is 3.77 Å². The number of halogens is 1. The Balaban J connectivity index is 3.44. The summed E-state index contributed by atoms with van der Waals surface area (Å²) in [5, 5.41) is 0. The van der Waals surface area contributed by atoms with Gasteiger partial charge in [-0.2, -0.15) is 8.42 Å². The monoisotopic (exact) mass is 257 g/mol. The number of hydrogen-bond donors (Lipinski definition) is 0. The summed E-state index contributed by atoms with van der Waals surface area (Å²) in [4.78, 5) is 0.238. The predicted octanol–water partition coefficient (Wildman–Crippen LogP) is 1.53. The molecule has 0 saturated carbocycles. The van der Waals surface area contributed by atoms with Crippen molar-refractivity contribution in [3.63, 3.8) is 0 Å². The lowest BCUT2D eigenvalue weighted by Crippen LogP contribution is -2.00. The Kier molecular flexibility index (Phi) is 2.93. The topological polar surface area (TPSA) is 76.7 Å². The highest BCUT2D eigenvalue weighted by Crippen LogP contribution is 2.19. The summed E-state index contributed by atoms with van der Waals surface area (Å²) < 4.78 is 41.0. The maximum absolute atomic E-state index is 11.8. The molecule has 0 N–H and O–H groups in total. The first-order chi connectivity index (χ1) is 6.22. The van der Waals surface area contributed by atoms with Gasteiger partial charge in [0.05, 0.1) is 20.9 Å². The van der Waals surface area contributed by atoms with Crippen molar-refractivity contribution in [1.29, 1.82) is 0 Å². The Morgan fingerprint density at radius 1 is 1.43 bits per heavy atom. The summed E-state index contributed by atoms with van der Waals surface area (Å²) in [7, 11) is -2.31. The largest absolute Gasteiger partial charge is 0.468 e. The summed E-state index contributed by atoms with van der Waals surface area (Å²) in [5.41, 5.74) is 0. The molecule has 0 saturated heterocycles. The summed E-state index contributed by atoms with van der Waals surface area (Å²) in [6, 6.07) is 1.41. The molecule has 0 spiro atoms. The maximum atomic E-state index is 11.8. The number of nitrogens with zero attached hydrogens (tertiary/aromatic N) is 1. The molecule has 5 nitrogen and oxygen atoms in total. The van der Waals surface area contributed by atoms with Gasteiger partial charge in [0.1, 0.15) is 5.76 Å². The molecule has 80 valence electrons. The second kappa shape index (κ2) is 3.56. The number of hydrogen-bond acceptors (Lipinski definition) is 4. The van der Waals surface area contributed by atoms with Crippen molar-refractivity contribution >= 4 is 29.6 Å². The van der Waals surface area contributed by atoms with Gasteiger partial charge in [-0.3, -0.25) is 0 Å². The van der Waals surface area contributed by atoms with Gasteiger partial charge in [0, 0.05) is 16.9 Å². The van der Waals surface area contributed by atoms with Crippen molar-refractivity contribution < 1.29 is 17.0 Å². The van der Waals surface area contributed by atoms with Crippen LogP contribution in [0.3, 0.4) is 0 Å². The molecular formula is C6H8ClNO4S2. The van der Waals surface area contributed by atoms with Gasteiger partial charge in [-0.15, -0.1) is 0 Å². The highest BCUT2D eigenvalue weighted by molar-refractivity contribution is 8.17. The molecule has 0 bridgehead atoms. The van der Waals surface area contributed by atoms with Crippen molar-refractivity contribution in [3.8, 4) is 0 Å². The summed E-state index contributed by atoms with van der Waals surface area (Å²) in [5.74, 6) is 0.363. The van der Waals surface area contributed by atoms with Crippen LogP contribution in [-0.4, -0.2) is 18.9 Å². The molecule has 1 heterocycles. The van der Waals surface area contributed by atoms with Crippen LogP contribution in [0.15, 0.2) is 25.4 Å². The zero-order valence-corrected chi connectivity index (χ0v) is 9.82. The van der Waals surface area contributed by atoms with Crippen molar-refractivity contribution in [2.75, 3.05) is 6.26 Å².